The Kier molecular flexibility index (Phi) is 4.63. The molecule has 0 N–H and O–H groups in total. The average Bonchev–Trinajstić information content (AvgIpc) is 2.47. The van der Waals surface area contributed by atoms with E-state index in [1.54, 1.807) is 37.1 Å². The highest BCUT2D eigenvalue weighted by molar-refractivity contribution is 7.98. The van der Waals surface area contributed by atoms with Gasteiger partial charge in [0.1, 0.15) is 11.6 Å². The van der Waals surface area contributed by atoms with Gasteiger partial charge in [-0.05, 0) is 42.2 Å². The minimum Gasteiger partial charge on any atom is -0.497 e. The standard InChI is InChI=1S/C16H15FOS/c1-18-14-5-3-4-12(10-14)11-16(17)13-6-8-15(19-2)9-7-13/h3-11H,1-2H3/b16-11+. The average molecular weight is 274 g/mol. The number of halogens is 1. The van der Waals surface area contributed by atoms with Crippen LogP contribution in [0, 0.1) is 0 Å². The summed E-state index contributed by atoms with van der Waals surface area (Å²) in [5.74, 6) is 0.472. The lowest BCUT2D eigenvalue weighted by molar-refractivity contribution is 0.414. The highest BCUT2D eigenvalue weighted by Gasteiger charge is 2.01. The normalized spacial score (nSPS) is 11.4. The minimum atomic E-state index is -0.249. The van der Waals surface area contributed by atoms with Gasteiger partial charge in [-0.3, -0.25) is 0 Å². The van der Waals surface area contributed by atoms with E-state index in [0.29, 0.717) is 5.56 Å². The molecule has 98 valence electrons. The molecule has 1 nitrogen and oxygen atoms in total. The van der Waals surface area contributed by atoms with E-state index in [0.717, 1.165) is 16.2 Å². The molecular weight excluding hydrogens is 259 g/mol. The molecule has 0 atom stereocenters. The number of thioether (sulfide) groups is 1. The maximum atomic E-state index is 14.1. The molecule has 0 bridgehead atoms. The molecule has 0 saturated heterocycles. The van der Waals surface area contributed by atoms with E-state index in [-0.39, 0.29) is 5.83 Å². The van der Waals surface area contributed by atoms with Crippen LogP contribution < -0.4 is 4.74 Å². The number of hydrogen-bond acceptors (Lipinski definition) is 2. The molecule has 0 aliphatic heterocycles. The van der Waals surface area contributed by atoms with Crippen LogP contribution in [0.1, 0.15) is 11.1 Å². The first-order chi connectivity index (χ1) is 9.22. The van der Waals surface area contributed by atoms with Gasteiger partial charge in [0.25, 0.3) is 0 Å². The Morgan fingerprint density at radius 1 is 1.16 bits per heavy atom. The fourth-order valence-corrected chi connectivity index (χ4v) is 2.12. The van der Waals surface area contributed by atoms with Crippen LogP contribution >= 0.6 is 11.8 Å². The van der Waals surface area contributed by atoms with Crippen molar-refractivity contribution in [3.63, 3.8) is 0 Å². The Morgan fingerprint density at radius 2 is 1.89 bits per heavy atom. The summed E-state index contributed by atoms with van der Waals surface area (Å²) >= 11 is 1.64. The summed E-state index contributed by atoms with van der Waals surface area (Å²) in [5, 5.41) is 0. The molecule has 0 heterocycles. The van der Waals surface area contributed by atoms with Gasteiger partial charge >= 0.3 is 0 Å². The van der Waals surface area contributed by atoms with Gasteiger partial charge in [-0.15, -0.1) is 11.8 Å². The smallest absolute Gasteiger partial charge is 0.131 e. The van der Waals surface area contributed by atoms with Crippen molar-refractivity contribution in [3.05, 3.63) is 59.7 Å². The van der Waals surface area contributed by atoms with E-state index >= 15 is 0 Å². The maximum Gasteiger partial charge on any atom is 0.131 e. The van der Waals surface area contributed by atoms with Crippen LogP contribution in [0.5, 0.6) is 5.75 Å². The number of methoxy groups -OCH3 is 1. The van der Waals surface area contributed by atoms with Gasteiger partial charge in [-0.25, -0.2) is 4.39 Å². The van der Waals surface area contributed by atoms with Crippen LogP contribution in [-0.4, -0.2) is 13.4 Å². The van der Waals surface area contributed by atoms with Crippen molar-refractivity contribution in [2.24, 2.45) is 0 Å². The van der Waals surface area contributed by atoms with Crippen LogP contribution in [0.4, 0.5) is 4.39 Å². The Balaban J connectivity index is 2.25. The van der Waals surface area contributed by atoms with Crippen molar-refractivity contribution < 1.29 is 9.13 Å². The molecule has 0 spiro atoms. The van der Waals surface area contributed by atoms with Gasteiger partial charge < -0.3 is 4.74 Å². The first-order valence-electron chi connectivity index (χ1n) is 5.88. The predicted molar refractivity (Wildman–Crippen MR) is 80.2 cm³/mol. The van der Waals surface area contributed by atoms with Gasteiger partial charge in [0.2, 0.25) is 0 Å². The van der Waals surface area contributed by atoms with E-state index in [4.69, 9.17) is 4.74 Å². The molecule has 0 aliphatic rings. The lowest BCUT2D eigenvalue weighted by atomic mass is 10.1. The molecule has 0 amide bonds. The molecule has 19 heavy (non-hydrogen) atoms. The zero-order valence-electron chi connectivity index (χ0n) is 10.9. The zero-order valence-corrected chi connectivity index (χ0v) is 11.7. The van der Waals surface area contributed by atoms with E-state index in [1.807, 2.05) is 36.6 Å². The summed E-state index contributed by atoms with van der Waals surface area (Å²) in [6.07, 6.45) is 3.51. The van der Waals surface area contributed by atoms with Crippen molar-refractivity contribution >= 4 is 23.7 Å². The largest absolute Gasteiger partial charge is 0.497 e. The molecule has 0 saturated carbocycles. The molecule has 0 aromatic heterocycles. The maximum absolute atomic E-state index is 14.1. The Morgan fingerprint density at radius 3 is 2.53 bits per heavy atom. The van der Waals surface area contributed by atoms with Gasteiger partial charge in [0.15, 0.2) is 0 Å². The topological polar surface area (TPSA) is 9.23 Å². The van der Waals surface area contributed by atoms with Crippen molar-refractivity contribution in [3.8, 4) is 5.75 Å². The van der Waals surface area contributed by atoms with Crippen LogP contribution in [0.2, 0.25) is 0 Å². The number of ether oxygens (including phenoxy) is 1. The summed E-state index contributed by atoms with van der Waals surface area (Å²) in [6, 6.07) is 14.7. The molecule has 0 radical (unpaired) electrons. The van der Waals surface area contributed by atoms with E-state index in [9.17, 15) is 4.39 Å². The van der Waals surface area contributed by atoms with Crippen LogP contribution in [0.25, 0.3) is 11.9 Å². The Hall–Kier alpha value is -1.74. The van der Waals surface area contributed by atoms with Crippen molar-refractivity contribution in [2.75, 3.05) is 13.4 Å². The lowest BCUT2D eigenvalue weighted by Gasteiger charge is -2.02. The summed E-state index contributed by atoms with van der Waals surface area (Å²) in [5.41, 5.74) is 1.37. The number of hydrogen-bond donors (Lipinski definition) is 0. The van der Waals surface area contributed by atoms with Crippen LogP contribution in [-0.2, 0) is 0 Å². The molecule has 0 fully saturated rings. The molecular formula is C16H15FOS. The predicted octanol–water partition coefficient (Wildman–Crippen LogP) is 4.88. The summed E-state index contributed by atoms with van der Waals surface area (Å²) in [6.45, 7) is 0. The third kappa shape index (κ3) is 3.61. The number of benzene rings is 2. The van der Waals surface area contributed by atoms with Crippen LogP contribution in [0.3, 0.4) is 0 Å². The first kappa shape index (κ1) is 13.7. The fourth-order valence-electron chi connectivity index (χ4n) is 1.71. The molecule has 2 aromatic carbocycles. The monoisotopic (exact) mass is 274 g/mol. The third-order valence-electron chi connectivity index (χ3n) is 2.75. The van der Waals surface area contributed by atoms with Crippen molar-refractivity contribution in [2.45, 2.75) is 4.90 Å². The first-order valence-corrected chi connectivity index (χ1v) is 7.11. The lowest BCUT2D eigenvalue weighted by Crippen LogP contribution is -1.83. The SMILES string of the molecule is COc1cccc(/C=C(/F)c2ccc(SC)cc2)c1. The fraction of sp³-hybridized carbons (Fsp3) is 0.125. The summed E-state index contributed by atoms with van der Waals surface area (Å²) < 4.78 is 19.2. The highest BCUT2D eigenvalue weighted by atomic mass is 32.2. The van der Waals surface area contributed by atoms with Gasteiger partial charge in [-0.2, -0.15) is 0 Å². The van der Waals surface area contributed by atoms with Gasteiger partial charge in [0.05, 0.1) is 7.11 Å². The van der Waals surface area contributed by atoms with Crippen LogP contribution in [0.15, 0.2) is 53.4 Å². The second-order valence-corrected chi connectivity index (χ2v) is 4.88. The highest BCUT2D eigenvalue weighted by Crippen LogP contribution is 2.24. The van der Waals surface area contributed by atoms with E-state index in [2.05, 4.69) is 0 Å². The van der Waals surface area contributed by atoms with Crippen molar-refractivity contribution in [1.82, 2.24) is 0 Å². The van der Waals surface area contributed by atoms with Crippen molar-refractivity contribution in [1.29, 1.82) is 0 Å². The third-order valence-corrected chi connectivity index (χ3v) is 3.50. The van der Waals surface area contributed by atoms with Gasteiger partial charge in [0, 0.05) is 10.5 Å². The molecule has 2 aromatic rings. The molecule has 0 unspecified atom stereocenters. The van der Waals surface area contributed by atoms with E-state index < -0.39 is 0 Å². The van der Waals surface area contributed by atoms with Gasteiger partial charge in [-0.1, -0.05) is 24.3 Å². The molecule has 0 aliphatic carbocycles. The molecule has 2 rings (SSSR count). The second kappa shape index (κ2) is 6.43. The summed E-state index contributed by atoms with van der Waals surface area (Å²) in [4.78, 5) is 1.12. The number of rotatable bonds is 4. The Labute approximate surface area is 117 Å². The summed E-state index contributed by atoms with van der Waals surface area (Å²) in [7, 11) is 1.60. The zero-order chi connectivity index (χ0) is 13.7. The minimum absolute atomic E-state index is 0.249. The Bertz CT molecular complexity index is 576. The van der Waals surface area contributed by atoms with E-state index in [1.165, 1.54) is 6.08 Å². The quantitative estimate of drug-likeness (QED) is 0.580. The molecule has 3 heteroatoms. The second-order valence-electron chi connectivity index (χ2n) is 4.00.